The number of ether oxygens (including phenoxy) is 1. The van der Waals surface area contributed by atoms with E-state index in [1.54, 1.807) is 6.07 Å². The van der Waals surface area contributed by atoms with E-state index in [1.165, 1.54) is 6.07 Å². The maximum absolute atomic E-state index is 14.2. The quantitative estimate of drug-likeness (QED) is 0.692. The molecule has 1 aliphatic rings. The molecule has 0 aliphatic carbocycles. The molecule has 0 aromatic heterocycles. The molecular weight excluding hydrogens is 381 g/mol. The smallest absolute Gasteiger partial charge is 0.238 e. The van der Waals surface area contributed by atoms with E-state index in [0.29, 0.717) is 13.0 Å². The van der Waals surface area contributed by atoms with E-state index in [2.05, 4.69) is 16.7 Å². The number of halogens is 1. The van der Waals surface area contributed by atoms with Gasteiger partial charge in [0.25, 0.3) is 0 Å². The zero-order valence-corrected chi connectivity index (χ0v) is 17.3. The normalized spacial score (nSPS) is 17.0. The number of benzene rings is 2. The van der Waals surface area contributed by atoms with E-state index in [1.807, 2.05) is 37.3 Å². The van der Waals surface area contributed by atoms with E-state index in [9.17, 15) is 14.4 Å². The van der Waals surface area contributed by atoms with Crippen molar-refractivity contribution in [1.82, 2.24) is 10.6 Å². The number of rotatable bonds is 8. The highest BCUT2D eigenvalue weighted by Gasteiger charge is 2.23. The summed E-state index contributed by atoms with van der Waals surface area (Å²) in [6.45, 7) is 3.30. The molecule has 1 fully saturated rings. The molecule has 0 bridgehead atoms. The molecular formula is C24H28FN3O2. The molecule has 3 rings (SSSR count). The first-order valence-electron chi connectivity index (χ1n) is 10.6. The lowest BCUT2D eigenvalue weighted by Gasteiger charge is -2.23. The van der Waals surface area contributed by atoms with Crippen LogP contribution in [0.15, 0.2) is 42.5 Å². The van der Waals surface area contributed by atoms with Crippen molar-refractivity contribution < 1.29 is 13.9 Å². The molecule has 1 unspecified atom stereocenters. The Morgan fingerprint density at radius 3 is 2.67 bits per heavy atom. The summed E-state index contributed by atoms with van der Waals surface area (Å²) in [6.07, 6.45) is 4.15. The summed E-state index contributed by atoms with van der Waals surface area (Å²) >= 11 is 0. The lowest BCUT2D eigenvalue weighted by molar-refractivity contribution is -0.124. The summed E-state index contributed by atoms with van der Waals surface area (Å²) in [5.74, 6) is -0.232. The minimum Gasteiger partial charge on any atom is -0.491 e. The van der Waals surface area contributed by atoms with Gasteiger partial charge in [-0.15, -0.1) is 0 Å². The van der Waals surface area contributed by atoms with Crippen LogP contribution in [0, 0.1) is 17.1 Å². The second kappa shape index (κ2) is 10.7. The van der Waals surface area contributed by atoms with E-state index in [4.69, 9.17) is 4.74 Å². The van der Waals surface area contributed by atoms with Crippen LogP contribution in [-0.4, -0.2) is 31.1 Å². The topological polar surface area (TPSA) is 74.1 Å². The molecule has 2 aromatic carbocycles. The van der Waals surface area contributed by atoms with Gasteiger partial charge in [0, 0.05) is 6.42 Å². The zero-order valence-electron chi connectivity index (χ0n) is 17.3. The highest BCUT2D eigenvalue weighted by atomic mass is 19.1. The number of piperidine rings is 1. The molecule has 1 aliphatic heterocycles. The Kier molecular flexibility index (Phi) is 7.81. The fourth-order valence-electron chi connectivity index (χ4n) is 3.56. The Morgan fingerprint density at radius 2 is 2.03 bits per heavy atom. The highest BCUT2D eigenvalue weighted by molar-refractivity contribution is 5.82. The first-order valence-corrected chi connectivity index (χ1v) is 10.6. The van der Waals surface area contributed by atoms with Gasteiger partial charge < -0.3 is 15.4 Å². The van der Waals surface area contributed by atoms with Crippen molar-refractivity contribution in [2.75, 3.05) is 13.2 Å². The number of carbonyl (C=O) groups is 1. The Bertz CT molecular complexity index is 886. The van der Waals surface area contributed by atoms with Crippen LogP contribution in [0.5, 0.6) is 5.75 Å². The molecule has 158 valence electrons. The van der Waals surface area contributed by atoms with Crippen molar-refractivity contribution in [1.29, 1.82) is 5.26 Å². The minimum absolute atomic E-state index is 0.112. The van der Waals surface area contributed by atoms with Gasteiger partial charge in [-0.25, -0.2) is 4.39 Å². The number of nitrogens with one attached hydrogen (secondary N) is 2. The molecule has 0 radical (unpaired) electrons. The second-order valence-corrected chi connectivity index (χ2v) is 7.59. The monoisotopic (exact) mass is 409 g/mol. The summed E-state index contributed by atoms with van der Waals surface area (Å²) < 4.78 is 19.6. The van der Waals surface area contributed by atoms with Gasteiger partial charge in [-0.3, -0.25) is 4.79 Å². The summed E-state index contributed by atoms with van der Waals surface area (Å²) in [4.78, 5) is 12.4. The average Bonchev–Trinajstić information content (AvgIpc) is 2.78. The Balaban J connectivity index is 1.61. The first-order chi connectivity index (χ1) is 14.6. The van der Waals surface area contributed by atoms with E-state index < -0.39 is 6.04 Å². The van der Waals surface area contributed by atoms with Crippen molar-refractivity contribution in [2.45, 2.75) is 51.1 Å². The van der Waals surface area contributed by atoms with Crippen LogP contribution < -0.4 is 15.4 Å². The first kappa shape index (κ1) is 21.8. The lowest BCUT2D eigenvalue weighted by Crippen LogP contribution is -2.49. The van der Waals surface area contributed by atoms with Gasteiger partial charge in [-0.2, -0.15) is 5.26 Å². The molecule has 0 spiro atoms. The molecule has 5 nitrogen and oxygen atoms in total. The maximum atomic E-state index is 14.2. The van der Waals surface area contributed by atoms with Crippen molar-refractivity contribution in [3.8, 4) is 22.9 Å². The van der Waals surface area contributed by atoms with Crippen LogP contribution in [0.3, 0.4) is 0 Å². The predicted molar refractivity (Wildman–Crippen MR) is 115 cm³/mol. The highest BCUT2D eigenvalue weighted by Crippen LogP contribution is 2.26. The van der Waals surface area contributed by atoms with Crippen molar-refractivity contribution >= 4 is 5.91 Å². The van der Waals surface area contributed by atoms with E-state index in [-0.39, 0.29) is 23.5 Å². The Hall–Kier alpha value is -2.91. The van der Waals surface area contributed by atoms with Crippen LogP contribution in [0.25, 0.3) is 11.1 Å². The average molecular weight is 410 g/mol. The summed E-state index contributed by atoms with van der Waals surface area (Å²) in [5, 5.41) is 15.5. The standard InChI is InChI=1S/C24H28FN3O2/c1-2-13-30-23-11-10-19(15-21(23)25)18-8-6-17(7-9-18)14-20(16-26)28-24(29)22-5-3-4-12-27-22/h6-11,15,20,22,27H,2-5,12-14H2,1H3,(H,28,29)/t20-,22?/m0/s1. The van der Waals surface area contributed by atoms with E-state index >= 15 is 0 Å². The van der Waals surface area contributed by atoms with Gasteiger partial charge in [0.2, 0.25) is 5.91 Å². The minimum atomic E-state index is -0.584. The van der Waals surface area contributed by atoms with Crippen molar-refractivity contribution in [3.63, 3.8) is 0 Å². The molecule has 2 aromatic rings. The van der Waals surface area contributed by atoms with Crippen LogP contribution >= 0.6 is 0 Å². The number of nitrogens with zero attached hydrogens (tertiary/aromatic N) is 1. The Morgan fingerprint density at radius 1 is 1.27 bits per heavy atom. The fraction of sp³-hybridized carbons (Fsp3) is 0.417. The maximum Gasteiger partial charge on any atom is 0.238 e. The zero-order chi connectivity index (χ0) is 21.3. The number of hydrogen-bond donors (Lipinski definition) is 2. The predicted octanol–water partition coefficient (Wildman–Crippen LogP) is 3.97. The van der Waals surface area contributed by atoms with Crippen molar-refractivity contribution in [2.24, 2.45) is 0 Å². The molecule has 2 N–H and O–H groups in total. The molecule has 0 saturated carbocycles. The Labute approximate surface area is 177 Å². The molecule has 1 saturated heterocycles. The number of amides is 1. The number of hydrogen-bond acceptors (Lipinski definition) is 4. The second-order valence-electron chi connectivity index (χ2n) is 7.59. The summed E-state index contributed by atoms with van der Waals surface area (Å²) in [6, 6.07) is 13.9. The summed E-state index contributed by atoms with van der Waals surface area (Å²) in [7, 11) is 0. The van der Waals surface area contributed by atoms with Crippen LogP contribution in [0.4, 0.5) is 4.39 Å². The van der Waals surface area contributed by atoms with Gasteiger partial charge in [0.05, 0.1) is 18.7 Å². The molecule has 30 heavy (non-hydrogen) atoms. The summed E-state index contributed by atoms with van der Waals surface area (Å²) in [5.41, 5.74) is 2.57. The van der Waals surface area contributed by atoms with Crippen molar-refractivity contribution in [3.05, 3.63) is 53.8 Å². The van der Waals surface area contributed by atoms with Gasteiger partial charge in [0.1, 0.15) is 6.04 Å². The molecule has 1 heterocycles. The van der Waals surface area contributed by atoms with Crippen LogP contribution in [0.2, 0.25) is 0 Å². The SMILES string of the molecule is CCCOc1ccc(-c2ccc(C[C@@H](C#N)NC(=O)C3CCCCN3)cc2)cc1F. The van der Waals surface area contributed by atoms with Crippen LogP contribution in [0.1, 0.15) is 38.2 Å². The third-order valence-electron chi connectivity index (χ3n) is 5.22. The number of nitriles is 1. The van der Waals surface area contributed by atoms with Gasteiger partial charge in [-0.1, -0.05) is 43.7 Å². The van der Waals surface area contributed by atoms with Gasteiger partial charge >= 0.3 is 0 Å². The van der Waals surface area contributed by atoms with Gasteiger partial charge in [-0.05, 0) is 54.6 Å². The van der Waals surface area contributed by atoms with E-state index in [0.717, 1.165) is 48.9 Å². The largest absolute Gasteiger partial charge is 0.491 e. The molecule has 1 amide bonds. The molecule has 6 heteroatoms. The third-order valence-corrected chi connectivity index (χ3v) is 5.22. The third kappa shape index (κ3) is 5.80. The molecule has 2 atom stereocenters. The van der Waals surface area contributed by atoms with Crippen LogP contribution in [-0.2, 0) is 11.2 Å². The number of carbonyl (C=O) groups excluding carboxylic acids is 1. The fourth-order valence-corrected chi connectivity index (χ4v) is 3.56. The lowest BCUT2D eigenvalue weighted by atomic mass is 10.00. The van der Waals surface area contributed by atoms with Gasteiger partial charge in [0.15, 0.2) is 11.6 Å².